The number of benzene rings is 1. The zero-order valence-electron chi connectivity index (χ0n) is 10.8. The molecule has 0 spiro atoms. The van der Waals surface area contributed by atoms with E-state index in [1.54, 1.807) is 6.07 Å². The Morgan fingerprint density at radius 3 is 2.62 bits per heavy atom. The van der Waals surface area contributed by atoms with Crippen LogP contribution in [-0.2, 0) is 10.0 Å². The molecule has 1 aromatic rings. The van der Waals surface area contributed by atoms with E-state index in [0.29, 0.717) is 0 Å². The highest BCUT2D eigenvalue weighted by molar-refractivity contribution is 7.93. The first kappa shape index (κ1) is 16.4. The predicted molar refractivity (Wildman–Crippen MR) is 72.3 cm³/mol. The van der Waals surface area contributed by atoms with Gasteiger partial charge in [0.05, 0.1) is 22.2 Å². The molecule has 9 nitrogen and oxygen atoms in total. The number of rotatable bonds is 6. The van der Waals surface area contributed by atoms with Gasteiger partial charge in [0.2, 0.25) is 10.0 Å². The Bertz CT molecular complexity index is 722. The zero-order valence-corrected chi connectivity index (χ0v) is 11.6. The number of carbonyl (C=O) groups is 1. The van der Waals surface area contributed by atoms with E-state index in [-0.39, 0.29) is 6.42 Å². The lowest BCUT2D eigenvalue weighted by molar-refractivity contribution is -0.384. The number of carboxylic acid groups (broad SMARTS) is 1. The Morgan fingerprint density at radius 2 is 2.19 bits per heavy atom. The molecule has 0 bridgehead atoms. The van der Waals surface area contributed by atoms with Crippen LogP contribution in [0.25, 0.3) is 0 Å². The molecule has 0 radical (unpaired) electrons. The topological polar surface area (TPSA) is 150 Å². The second-order valence-corrected chi connectivity index (χ2v) is 5.83. The number of sulfonamides is 1. The number of nitro benzene ring substituents is 1. The van der Waals surface area contributed by atoms with Gasteiger partial charge in [-0.2, -0.15) is 5.26 Å². The molecule has 0 saturated heterocycles. The van der Waals surface area contributed by atoms with Crippen molar-refractivity contribution in [2.24, 2.45) is 0 Å². The van der Waals surface area contributed by atoms with Gasteiger partial charge in [0.15, 0.2) is 5.25 Å². The normalized spacial score (nSPS) is 12.2. The molecule has 0 heterocycles. The number of hydrogen-bond donors (Lipinski definition) is 2. The standard InChI is InChI=1S/C11H11N3O6S/c1-2-8(6-12)21(19,20)13-10-5-7(14(17)18)3-4-9(10)11(15)16/h3-5,8,13H,2H2,1H3,(H,15,16). The van der Waals surface area contributed by atoms with Crippen LogP contribution in [0.15, 0.2) is 18.2 Å². The third kappa shape index (κ3) is 3.67. The average Bonchev–Trinajstić information content (AvgIpc) is 2.38. The number of aromatic carboxylic acids is 1. The average molecular weight is 313 g/mol. The van der Waals surface area contributed by atoms with Crippen molar-refractivity contribution >= 4 is 27.4 Å². The highest BCUT2D eigenvalue weighted by Gasteiger charge is 2.26. The van der Waals surface area contributed by atoms with E-state index >= 15 is 0 Å². The molecule has 2 N–H and O–H groups in total. The van der Waals surface area contributed by atoms with E-state index in [9.17, 15) is 23.3 Å². The third-order valence-electron chi connectivity index (χ3n) is 2.59. The van der Waals surface area contributed by atoms with Crippen molar-refractivity contribution in [3.05, 3.63) is 33.9 Å². The van der Waals surface area contributed by atoms with Gasteiger partial charge in [-0.15, -0.1) is 0 Å². The molecule has 1 rings (SSSR count). The lowest BCUT2D eigenvalue weighted by atomic mass is 10.1. The molecule has 1 unspecified atom stereocenters. The number of anilines is 1. The van der Waals surface area contributed by atoms with E-state index in [2.05, 4.69) is 0 Å². The summed E-state index contributed by atoms with van der Waals surface area (Å²) < 4.78 is 25.8. The number of hydrogen-bond acceptors (Lipinski definition) is 6. The van der Waals surface area contributed by atoms with Crippen molar-refractivity contribution in [2.45, 2.75) is 18.6 Å². The SMILES string of the molecule is CCC(C#N)S(=O)(=O)Nc1cc([N+](=O)[O-])ccc1C(=O)O. The Morgan fingerprint density at radius 1 is 1.57 bits per heavy atom. The number of nitrogens with one attached hydrogen (secondary N) is 1. The first-order valence-corrected chi connectivity index (χ1v) is 7.20. The second-order valence-electron chi connectivity index (χ2n) is 3.97. The lowest BCUT2D eigenvalue weighted by Gasteiger charge is -2.12. The Balaban J connectivity index is 3.35. The van der Waals surface area contributed by atoms with E-state index in [4.69, 9.17) is 10.4 Å². The van der Waals surface area contributed by atoms with Gasteiger partial charge >= 0.3 is 5.97 Å². The molecule has 0 saturated carbocycles. The summed E-state index contributed by atoms with van der Waals surface area (Å²) >= 11 is 0. The summed E-state index contributed by atoms with van der Waals surface area (Å²) in [6, 6.07) is 4.23. The van der Waals surface area contributed by atoms with Crippen LogP contribution in [0.5, 0.6) is 0 Å². The van der Waals surface area contributed by atoms with Crippen molar-refractivity contribution in [1.29, 1.82) is 5.26 Å². The number of nitrogens with zero attached hydrogens (tertiary/aromatic N) is 2. The van der Waals surface area contributed by atoms with Crippen LogP contribution in [0.2, 0.25) is 0 Å². The predicted octanol–water partition coefficient (Wildman–Crippen LogP) is 1.34. The molecule has 112 valence electrons. The molecule has 10 heteroatoms. The van der Waals surface area contributed by atoms with Crippen molar-refractivity contribution in [2.75, 3.05) is 4.72 Å². The summed E-state index contributed by atoms with van der Waals surface area (Å²) in [4.78, 5) is 20.9. The lowest BCUT2D eigenvalue weighted by Crippen LogP contribution is -2.26. The molecule has 0 aromatic heterocycles. The van der Waals surface area contributed by atoms with Crippen LogP contribution >= 0.6 is 0 Å². The van der Waals surface area contributed by atoms with Gasteiger partial charge in [-0.3, -0.25) is 14.8 Å². The van der Waals surface area contributed by atoms with Crippen LogP contribution in [0.4, 0.5) is 11.4 Å². The molecule has 0 aliphatic heterocycles. The van der Waals surface area contributed by atoms with Crippen molar-refractivity contribution < 1.29 is 23.2 Å². The van der Waals surface area contributed by atoms with Gasteiger partial charge in [0.1, 0.15) is 0 Å². The fourth-order valence-electron chi connectivity index (χ4n) is 1.52. The molecule has 0 amide bonds. The summed E-state index contributed by atoms with van der Waals surface area (Å²) in [6.45, 7) is 1.47. The summed E-state index contributed by atoms with van der Waals surface area (Å²) in [6.07, 6.45) is -0.0107. The number of carboxylic acids is 1. The fraction of sp³-hybridized carbons (Fsp3) is 0.273. The van der Waals surface area contributed by atoms with Gasteiger partial charge in [-0.25, -0.2) is 13.2 Å². The molecule has 0 fully saturated rings. The van der Waals surface area contributed by atoms with E-state index < -0.39 is 43.1 Å². The first-order valence-electron chi connectivity index (χ1n) is 5.66. The summed E-state index contributed by atoms with van der Waals surface area (Å²) in [5, 5.41) is 27.0. The van der Waals surface area contributed by atoms with Gasteiger partial charge in [-0.1, -0.05) is 6.92 Å². The molecule has 0 aliphatic carbocycles. The smallest absolute Gasteiger partial charge is 0.337 e. The minimum absolute atomic E-state index is 0.0107. The maximum absolute atomic E-state index is 11.9. The second kappa shape index (κ2) is 6.19. The highest BCUT2D eigenvalue weighted by Crippen LogP contribution is 2.24. The Kier molecular flexibility index (Phi) is 4.83. The number of nitro groups is 1. The largest absolute Gasteiger partial charge is 0.478 e. The highest BCUT2D eigenvalue weighted by atomic mass is 32.2. The summed E-state index contributed by atoms with van der Waals surface area (Å²) in [7, 11) is -4.17. The van der Waals surface area contributed by atoms with Crippen LogP contribution in [0.3, 0.4) is 0 Å². The van der Waals surface area contributed by atoms with Crippen LogP contribution in [0.1, 0.15) is 23.7 Å². The van der Waals surface area contributed by atoms with E-state index in [0.717, 1.165) is 18.2 Å². The van der Waals surface area contributed by atoms with Crippen LogP contribution in [0, 0.1) is 21.4 Å². The Hall–Kier alpha value is -2.67. The van der Waals surface area contributed by atoms with E-state index in [1.165, 1.54) is 6.92 Å². The van der Waals surface area contributed by atoms with Crippen LogP contribution < -0.4 is 4.72 Å². The van der Waals surface area contributed by atoms with Gasteiger partial charge in [0, 0.05) is 12.1 Å². The van der Waals surface area contributed by atoms with Gasteiger partial charge in [-0.05, 0) is 12.5 Å². The van der Waals surface area contributed by atoms with Gasteiger partial charge in [0.25, 0.3) is 5.69 Å². The van der Waals surface area contributed by atoms with Crippen molar-refractivity contribution in [3.63, 3.8) is 0 Å². The minimum atomic E-state index is -4.17. The molecule has 21 heavy (non-hydrogen) atoms. The maximum Gasteiger partial charge on any atom is 0.337 e. The fourth-order valence-corrected chi connectivity index (χ4v) is 2.72. The quantitative estimate of drug-likeness (QED) is 0.594. The van der Waals surface area contributed by atoms with Gasteiger partial charge < -0.3 is 5.11 Å². The summed E-state index contributed by atoms with van der Waals surface area (Å²) in [5.74, 6) is -1.45. The van der Waals surface area contributed by atoms with Crippen molar-refractivity contribution in [1.82, 2.24) is 0 Å². The van der Waals surface area contributed by atoms with Crippen LogP contribution in [-0.4, -0.2) is 29.7 Å². The molecular weight excluding hydrogens is 302 g/mol. The first-order chi connectivity index (χ1) is 9.72. The maximum atomic E-state index is 11.9. The monoisotopic (exact) mass is 313 g/mol. The minimum Gasteiger partial charge on any atom is -0.478 e. The third-order valence-corrected chi connectivity index (χ3v) is 4.28. The van der Waals surface area contributed by atoms with Crippen molar-refractivity contribution in [3.8, 4) is 6.07 Å². The molecule has 1 atom stereocenters. The summed E-state index contributed by atoms with van der Waals surface area (Å²) in [5.41, 5.74) is -1.37. The van der Waals surface area contributed by atoms with E-state index in [1.807, 2.05) is 4.72 Å². The number of nitriles is 1. The number of non-ortho nitro benzene ring substituents is 1. The molecule has 1 aromatic carbocycles. The molecular formula is C11H11N3O6S. The molecule has 0 aliphatic rings. The zero-order chi connectivity index (χ0) is 16.2. The Labute approximate surface area is 120 Å².